The van der Waals surface area contributed by atoms with E-state index in [9.17, 15) is 9.59 Å². The zero-order valence-corrected chi connectivity index (χ0v) is 15.4. The number of hydrogen-bond acceptors (Lipinski definition) is 5. The number of methoxy groups -OCH3 is 1. The Labute approximate surface area is 149 Å². The van der Waals surface area contributed by atoms with Gasteiger partial charge in [0.1, 0.15) is 5.60 Å². The van der Waals surface area contributed by atoms with Gasteiger partial charge in [0.25, 0.3) is 0 Å². The number of ether oxygens (including phenoxy) is 2. The van der Waals surface area contributed by atoms with Crippen LogP contribution in [-0.2, 0) is 9.47 Å². The van der Waals surface area contributed by atoms with Crippen molar-refractivity contribution in [3.63, 3.8) is 0 Å². The fourth-order valence-corrected chi connectivity index (χ4v) is 2.95. The van der Waals surface area contributed by atoms with Crippen LogP contribution in [0.5, 0.6) is 0 Å². The summed E-state index contributed by atoms with van der Waals surface area (Å²) in [6.45, 7) is 5.57. The summed E-state index contributed by atoms with van der Waals surface area (Å²) in [5, 5.41) is 6.40. The Morgan fingerprint density at radius 3 is 2.32 bits per heavy atom. The highest BCUT2D eigenvalue weighted by molar-refractivity contribution is 5.90. The van der Waals surface area contributed by atoms with Crippen molar-refractivity contribution < 1.29 is 19.1 Å². The molecule has 0 atom stereocenters. The monoisotopic (exact) mass is 348 g/mol. The molecule has 1 aliphatic carbocycles. The average molecular weight is 348 g/mol. The highest BCUT2D eigenvalue weighted by Gasteiger charge is 2.24. The van der Waals surface area contributed by atoms with Gasteiger partial charge in [-0.2, -0.15) is 0 Å². The lowest BCUT2D eigenvalue weighted by Gasteiger charge is -2.31. The summed E-state index contributed by atoms with van der Waals surface area (Å²) in [6, 6.07) is 7.79. The van der Waals surface area contributed by atoms with Gasteiger partial charge in [0, 0.05) is 17.8 Å². The van der Waals surface area contributed by atoms with Gasteiger partial charge >= 0.3 is 12.1 Å². The first-order valence-corrected chi connectivity index (χ1v) is 8.71. The molecule has 1 amide bonds. The Kier molecular flexibility index (Phi) is 6.28. The van der Waals surface area contributed by atoms with Crippen molar-refractivity contribution in [1.82, 2.24) is 5.32 Å². The molecule has 1 saturated carbocycles. The summed E-state index contributed by atoms with van der Waals surface area (Å²) in [5.74, 6) is -0.339. The van der Waals surface area contributed by atoms with E-state index in [1.165, 1.54) is 7.11 Å². The lowest BCUT2D eigenvalue weighted by Crippen LogP contribution is -2.42. The normalized spacial score (nSPS) is 20.5. The van der Waals surface area contributed by atoms with Gasteiger partial charge < -0.3 is 20.1 Å². The molecule has 1 aliphatic rings. The van der Waals surface area contributed by atoms with Crippen LogP contribution in [0, 0.1) is 0 Å². The Hall–Kier alpha value is -2.24. The first kappa shape index (κ1) is 19.1. The van der Waals surface area contributed by atoms with Crippen LogP contribution in [-0.4, -0.2) is 36.9 Å². The zero-order valence-electron chi connectivity index (χ0n) is 15.4. The summed E-state index contributed by atoms with van der Waals surface area (Å²) >= 11 is 0. The van der Waals surface area contributed by atoms with E-state index in [4.69, 9.17) is 9.47 Å². The van der Waals surface area contributed by atoms with E-state index in [1.807, 2.05) is 32.9 Å². The number of hydrogen-bond donors (Lipinski definition) is 2. The third-order valence-corrected chi connectivity index (χ3v) is 4.10. The first-order chi connectivity index (χ1) is 11.8. The van der Waals surface area contributed by atoms with Gasteiger partial charge in [-0.3, -0.25) is 0 Å². The molecule has 0 unspecified atom stereocenters. The van der Waals surface area contributed by atoms with E-state index in [1.54, 1.807) is 12.1 Å². The van der Waals surface area contributed by atoms with E-state index in [2.05, 4.69) is 10.6 Å². The maximum Gasteiger partial charge on any atom is 0.407 e. The van der Waals surface area contributed by atoms with Crippen LogP contribution in [0.2, 0.25) is 0 Å². The lowest BCUT2D eigenvalue weighted by molar-refractivity contribution is 0.0491. The summed E-state index contributed by atoms with van der Waals surface area (Å²) in [4.78, 5) is 23.4. The molecule has 0 heterocycles. The van der Waals surface area contributed by atoms with Crippen molar-refractivity contribution in [3.05, 3.63) is 29.8 Å². The van der Waals surface area contributed by atoms with Crippen LogP contribution < -0.4 is 10.6 Å². The molecular formula is C19H28N2O4. The molecule has 25 heavy (non-hydrogen) atoms. The maximum absolute atomic E-state index is 11.8. The fourth-order valence-electron chi connectivity index (χ4n) is 2.95. The molecule has 0 saturated heterocycles. The molecular weight excluding hydrogens is 320 g/mol. The quantitative estimate of drug-likeness (QED) is 0.811. The van der Waals surface area contributed by atoms with Crippen LogP contribution in [0.3, 0.4) is 0 Å². The molecule has 1 aromatic carbocycles. The third-order valence-electron chi connectivity index (χ3n) is 4.10. The Morgan fingerprint density at radius 1 is 1.08 bits per heavy atom. The largest absolute Gasteiger partial charge is 0.465 e. The highest BCUT2D eigenvalue weighted by Crippen LogP contribution is 2.23. The van der Waals surface area contributed by atoms with Crippen molar-refractivity contribution >= 4 is 17.7 Å². The van der Waals surface area contributed by atoms with Gasteiger partial charge in [0.15, 0.2) is 0 Å². The number of esters is 1. The van der Waals surface area contributed by atoms with E-state index in [0.717, 1.165) is 31.4 Å². The Morgan fingerprint density at radius 2 is 1.72 bits per heavy atom. The molecule has 6 nitrogen and oxygen atoms in total. The molecule has 6 heteroatoms. The minimum absolute atomic E-state index is 0.148. The standard InChI is InChI=1S/C19H28N2O4/c1-19(2,3)25-18(23)21-15-10-8-14(9-11-15)20-16-7-5-6-13(12-16)17(22)24-4/h5-7,12,14-15,20H,8-11H2,1-4H3,(H,21,23). The van der Waals surface area contributed by atoms with Gasteiger partial charge in [-0.05, 0) is 64.7 Å². The van der Waals surface area contributed by atoms with Gasteiger partial charge in [0.05, 0.1) is 12.7 Å². The average Bonchev–Trinajstić information content (AvgIpc) is 2.54. The highest BCUT2D eigenvalue weighted by atomic mass is 16.6. The van der Waals surface area contributed by atoms with Crippen molar-refractivity contribution in [2.75, 3.05) is 12.4 Å². The van der Waals surface area contributed by atoms with E-state index >= 15 is 0 Å². The van der Waals surface area contributed by atoms with Crippen LogP contribution in [0.25, 0.3) is 0 Å². The molecule has 1 fully saturated rings. The summed E-state index contributed by atoms with van der Waals surface area (Å²) in [7, 11) is 1.38. The van der Waals surface area contributed by atoms with E-state index < -0.39 is 5.60 Å². The van der Waals surface area contributed by atoms with Crippen molar-refractivity contribution in [1.29, 1.82) is 0 Å². The van der Waals surface area contributed by atoms with Gasteiger partial charge in [-0.15, -0.1) is 0 Å². The number of amides is 1. The minimum Gasteiger partial charge on any atom is -0.465 e. The number of carbonyl (C=O) groups is 2. The summed E-state index contributed by atoms with van der Waals surface area (Å²) < 4.78 is 10.0. The van der Waals surface area contributed by atoms with Crippen molar-refractivity contribution in [2.45, 2.75) is 64.1 Å². The maximum atomic E-state index is 11.8. The van der Waals surface area contributed by atoms with Crippen molar-refractivity contribution in [3.8, 4) is 0 Å². The lowest BCUT2D eigenvalue weighted by atomic mass is 9.91. The second-order valence-electron chi connectivity index (χ2n) is 7.41. The summed E-state index contributed by atoms with van der Waals surface area (Å²) in [5.41, 5.74) is 0.965. The van der Waals surface area contributed by atoms with Gasteiger partial charge in [-0.1, -0.05) is 6.07 Å². The molecule has 0 radical (unpaired) electrons. The molecule has 0 spiro atoms. The second-order valence-corrected chi connectivity index (χ2v) is 7.41. The van der Waals surface area contributed by atoms with Gasteiger partial charge in [0.2, 0.25) is 0 Å². The smallest absolute Gasteiger partial charge is 0.407 e. The molecule has 0 bridgehead atoms. The molecule has 1 aromatic rings. The minimum atomic E-state index is -0.479. The van der Waals surface area contributed by atoms with Gasteiger partial charge in [-0.25, -0.2) is 9.59 Å². The second kappa shape index (κ2) is 8.23. The number of carbonyl (C=O) groups excluding carboxylic acids is 2. The molecule has 0 aliphatic heterocycles. The SMILES string of the molecule is COC(=O)c1cccc(NC2CCC(NC(=O)OC(C)(C)C)CC2)c1. The number of nitrogens with one attached hydrogen (secondary N) is 2. The summed E-state index contributed by atoms with van der Waals surface area (Å²) in [6.07, 6.45) is 3.34. The predicted molar refractivity (Wildman–Crippen MR) is 96.8 cm³/mol. The number of benzene rings is 1. The predicted octanol–water partition coefficient (Wildman–Crippen LogP) is 3.72. The van der Waals surface area contributed by atoms with E-state index in [-0.39, 0.29) is 18.1 Å². The number of alkyl carbamates (subject to hydrolysis) is 1. The number of rotatable bonds is 4. The molecule has 2 rings (SSSR count). The first-order valence-electron chi connectivity index (χ1n) is 8.71. The molecule has 2 N–H and O–H groups in total. The van der Waals surface area contributed by atoms with Crippen LogP contribution >= 0.6 is 0 Å². The van der Waals surface area contributed by atoms with Crippen LogP contribution in [0.4, 0.5) is 10.5 Å². The Bertz CT molecular complexity index is 602. The Balaban J connectivity index is 1.81. The van der Waals surface area contributed by atoms with Crippen molar-refractivity contribution in [2.24, 2.45) is 0 Å². The number of anilines is 1. The van der Waals surface area contributed by atoms with E-state index in [0.29, 0.717) is 11.6 Å². The van der Waals surface area contributed by atoms with Crippen LogP contribution in [0.1, 0.15) is 56.8 Å². The molecule has 0 aromatic heterocycles. The fraction of sp³-hybridized carbons (Fsp3) is 0.579. The molecule has 138 valence electrons. The van der Waals surface area contributed by atoms with Crippen LogP contribution in [0.15, 0.2) is 24.3 Å². The zero-order chi connectivity index (χ0) is 18.4. The third kappa shape index (κ3) is 6.29. The topological polar surface area (TPSA) is 76.7 Å².